The van der Waals surface area contributed by atoms with Gasteiger partial charge in [-0.15, -0.1) is 0 Å². The monoisotopic (exact) mass is 449 g/mol. The van der Waals surface area contributed by atoms with Crippen LogP contribution < -0.4 is 10.5 Å². The molecule has 0 saturated heterocycles. The molecule has 7 nitrogen and oxygen atoms in total. The van der Waals surface area contributed by atoms with Gasteiger partial charge < -0.3 is 15.0 Å². The summed E-state index contributed by atoms with van der Waals surface area (Å²) in [5.41, 5.74) is 9.50. The Labute approximate surface area is 193 Å². The van der Waals surface area contributed by atoms with Crippen molar-refractivity contribution < 1.29 is 13.9 Å². The van der Waals surface area contributed by atoms with Gasteiger partial charge in [-0.25, -0.2) is 14.4 Å². The van der Waals surface area contributed by atoms with Crippen LogP contribution in [0.25, 0.3) is 11.8 Å². The fraction of sp³-hybridized carbons (Fsp3) is 0.240. The molecule has 1 aliphatic rings. The highest BCUT2D eigenvalue weighted by Gasteiger charge is 2.33. The third-order valence-electron chi connectivity index (χ3n) is 5.16. The molecule has 172 valence electrons. The minimum Gasteiger partial charge on any atom is -0.495 e. The number of ether oxygens (including phenoxy) is 1. The van der Waals surface area contributed by atoms with Gasteiger partial charge in [-0.3, -0.25) is 9.69 Å². The summed E-state index contributed by atoms with van der Waals surface area (Å²) >= 11 is 0. The predicted octanol–water partition coefficient (Wildman–Crippen LogP) is 4.61. The second-order valence-corrected chi connectivity index (χ2v) is 7.26. The first-order valence-corrected chi connectivity index (χ1v) is 10.7. The summed E-state index contributed by atoms with van der Waals surface area (Å²) in [7, 11) is 1.59. The molecule has 8 heteroatoms. The number of benzene rings is 2. The standard InChI is InChI=1S/C23H22FN5O2.C2H6/c1-14-12-28(13-26-14)20-9-4-16(11-21(20)31-3)10-19-22(30)29(23(25)27-19)15(2)17-5-7-18(24)8-6-17;1-2/h4-13,15H,1-3H3,(H2,25,27);1-2H3/b19-10-;/t15-;/m0./s1. The van der Waals surface area contributed by atoms with Crippen LogP contribution in [0.3, 0.4) is 0 Å². The van der Waals surface area contributed by atoms with Gasteiger partial charge in [0.25, 0.3) is 5.91 Å². The Hall–Kier alpha value is -3.94. The molecule has 0 unspecified atom stereocenters. The number of carbonyl (C=O) groups is 1. The Kier molecular flexibility index (Phi) is 7.27. The highest BCUT2D eigenvalue weighted by atomic mass is 19.1. The number of amides is 1. The van der Waals surface area contributed by atoms with Crippen LogP contribution in [0.4, 0.5) is 4.39 Å². The molecule has 1 aromatic heterocycles. The van der Waals surface area contributed by atoms with Crippen molar-refractivity contribution in [3.05, 3.63) is 83.3 Å². The molecule has 0 fully saturated rings. The molecule has 2 aromatic carbocycles. The van der Waals surface area contributed by atoms with E-state index in [9.17, 15) is 9.18 Å². The number of nitrogens with zero attached hydrogens (tertiary/aromatic N) is 4. The zero-order valence-electron chi connectivity index (χ0n) is 19.4. The largest absolute Gasteiger partial charge is 0.495 e. The second-order valence-electron chi connectivity index (χ2n) is 7.26. The van der Waals surface area contributed by atoms with Crippen LogP contribution >= 0.6 is 0 Å². The number of nitrogens with two attached hydrogens (primary N) is 1. The van der Waals surface area contributed by atoms with Crippen molar-refractivity contribution in [3.63, 3.8) is 0 Å². The zero-order chi connectivity index (χ0) is 24.1. The van der Waals surface area contributed by atoms with Crippen LogP contribution in [0.5, 0.6) is 5.75 Å². The van der Waals surface area contributed by atoms with E-state index in [4.69, 9.17) is 10.5 Å². The Bertz CT molecular complexity index is 1200. The number of hydrogen-bond acceptors (Lipinski definition) is 5. The summed E-state index contributed by atoms with van der Waals surface area (Å²) in [5, 5.41) is 0. The van der Waals surface area contributed by atoms with E-state index in [-0.39, 0.29) is 29.4 Å². The van der Waals surface area contributed by atoms with E-state index < -0.39 is 0 Å². The molecule has 0 bridgehead atoms. The molecule has 4 rings (SSSR count). The summed E-state index contributed by atoms with van der Waals surface area (Å²) in [6, 6.07) is 11.2. The summed E-state index contributed by atoms with van der Waals surface area (Å²) < 4.78 is 20.6. The lowest BCUT2D eigenvalue weighted by Gasteiger charge is -2.24. The number of guanidine groups is 1. The molecule has 33 heavy (non-hydrogen) atoms. The summed E-state index contributed by atoms with van der Waals surface area (Å²) in [5.74, 6) is 0.0769. The van der Waals surface area contributed by atoms with Gasteiger partial charge >= 0.3 is 0 Å². The Morgan fingerprint density at radius 3 is 2.45 bits per heavy atom. The normalized spacial score (nSPS) is 15.2. The van der Waals surface area contributed by atoms with Crippen molar-refractivity contribution in [1.29, 1.82) is 0 Å². The van der Waals surface area contributed by atoms with E-state index in [1.807, 2.05) is 56.7 Å². The van der Waals surface area contributed by atoms with Gasteiger partial charge in [-0.1, -0.05) is 32.0 Å². The topological polar surface area (TPSA) is 85.7 Å². The lowest BCUT2D eigenvalue weighted by Crippen LogP contribution is -2.39. The minimum absolute atomic E-state index is 0.102. The van der Waals surface area contributed by atoms with E-state index in [0.29, 0.717) is 5.75 Å². The Morgan fingerprint density at radius 2 is 1.85 bits per heavy atom. The van der Waals surface area contributed by atoms with Crippen LogP contribution in [0.2, 0.25) is 0 Å². The number of methoxy groups -OCH3 is 1. The smallest absolute Gasteiger partial charge is 0.279 e. The summed E-state index contributed by atoms with van der Waals surface area (Å²) in [6.45, 7) is 7.73. The first-order valence-electron chi connectivity index (χ1n) is 10.7. The lowest BCUT2D eigenvalue weighted by molar-refractivity contribution is -0.124. The van der Waals surface area contributed by atoms with E-state index in [0.717, 1.165) is 22.5 Å². The number of aryl methyl sites for hydroxylation is 1. The minimum atomic E-state index is -0.385. The third-order valence-corrected chi connectivity index (χ3v) is 5.16. The SMILES string of the molecule is CC.COc1cc(/C=C2\N=C(N)N([C@@H](C)c3ccc(F)cc3)C2=O)ccc1-n1cnc(C)c1. The number of imidazole rings is 1. The molecule has 2 heterocycles. The zero-order valence-corrected chi connectivity index (χ0v) is 19.4. The maximum Gasteiger partial charge on any atom is 0.279 e. The molecule has 0 radical (unpaired) electrons. The molecule has 3 aromatic rings. The van der Waals surface area contributed by atoms with E-state index in [1.54, 1.807) is 31.6 Å². The van der Waals surface area contributed by atoms with Crippen molar-refractivity contribution in [2.45, 2.75) is 33.7 Å². The van der Waals surface area contributed by atoms with Gasteiger partial charge in [-0.2, -0.15) is 0 Å². The van der Waals surface area contributed by atoms with Crippen molar-refractivity contribution in [2.75, 3.05) is 7.11 Å². The molecule has 1 amide bonds. The molecular weight excluding hydrogens is 421 g/mol. The molecule has 1 aliphatic heterocycles. The van der Waals surface area contributed by atoms with E-state index >= 15 is 0 Å². The first-order chi connectivity index (χ1) is 15.9. The number of carbonyl (C=O) groups excluding carboxylic acids is 1. The average molecular weight is 450 g/mol. The van der Waals surface area contributed by atoms with Crippen molar-refractivity contribution >= 4 is 17.9 Å². The third kappa shape index (κ3) is 4.95. The number of rotatable bonds is 5. The van der Waals surface area contributed by atoms with Crippen molar-refractivity contribution in [2.24, 2.45) is 10.7 Å². The van der Waals surface area contributed by atoms with Gasteiger partial charge in [0.1, 0.15) is 17.3 Å². The second kappa shape index (κ2) is 10.1. The fourth-order valence-corrected chi connectivity index (χ4v) is 3.52. The van der Waals surface area contributed by atoms with Crippen LogP contribution in [0.15, 0.2) is 65.7 Å². The average Bonchev–Trinajstić information content (AvgIpc) is 3.37. The maximum atomic E-state index is 13.2. The molecular formula is C25H28FN5O2. The van der Waals surface area contributed by atoms with Crippen molar-refractivity contribution in [3.8, 4) is 11.4 Å². The predicted molar refractivity (Wildman–Crippen MR) is 127 cm³/mol. The van der Waals surface area contributed by atoms with Gasteiger partial charge in [-0.05, 0) is 55.3 Å². The van der Waals surface area contributed by atoms with E-state index in [1.165, 1.54) is 17.0 Å². The number of aliphatic imine (C=N–C) groups is 1. The number of hydrogen-bond donors (Lipinski definition) is 1. The molecule has 0 saturated carbocycles. The highest BCUT2D eigenvalue weighted by molar-refractivity contribution is 6.13. The van der Waals surface area contributed by atoms with Gasteiger partial charge in [0.2, 0.25) is 5.96 Å². The highest BCUT2D eigenvalue weighted by Crippen LogP contribution is 2.29. The van der Waals surface area contributed by atoms with Crippen LogP contribution in [-0.4, -0.2) is 33.4 Å². The fourth-order valence-electron chi connectivity index (χ4n) is 3.52. The van der Waals surface area contributed by atoms with Gasteiger partial charge in [0.05, 0.1) is 30.9 Å². The molecule has 0 aliphatic carbocycles. The Morgan fingerprint density at radius 1 is 1.15 bits per heavy atom. The molecule has 2 N–H and O–H groups in total. The molecule has 1 atom stereocenters. The van der Waals surface area contributed by atoms with Crippen LogP contribution in [0.1, 0.15) is 43.6 Å². The molecule has 0 spiro atoms. The summed E-state index contributed by atoms with van der Waals surface area (Å²) in [4.78, 5) is 22.9. The number of halogens is 1. The van der Waals surface area contributed by atoms with Gasteiger partial charge in [0, 0.05) is 6.20 Å². The van der Waals surface area contributed by atoms with Crippen LogP contribution in [0, 0.1) is 12.7 Å². The maximum absolute atomic E-state index is 13.2. The quantitative estimate of drug-likeness (QED) is 0.576. The summed E-state index contributed by atoms with van der Waals surface area (Å²) in [6.07, 6.45) is 5.28. The van der Waals surface area contributed by atoms with Crippen LogP contribution in [-0.2, 0) is 4.79 Å². The lowest BCUT2D eigenvalue weighted by atomic mass is 10.1. The van der Waals surface area contributed by atoms with Gasteiger partial charge in [0.15, 0.2) is 0 Å². The van der Waals surface area contributed by atoms with E-state index in [2.05, 4.69) is 9.98 Å². The number of aromatic nitrogens is 2. The van der Waals surface area contributed by atoms with Crippen molar-refractivity contribution in [1.82, 2.24) is 14.5 Å². The Balaban J connectivity index is 0.00000149. The first kappa shape index (κ1) is 23.7.